The molecular formula is C36H34S2. The standard InChI is InChI=1S/C36H34S2/c1-2-3-4-5-6-7-8-9-12-26-18-21-31-33(24-26)37-36-32-22-19-28(25-34(32)38-35(31)36)16-15-27-17-20-29-13-10-11-14-30(29)23-27/h10-11,13-14,17-25H,2-9,12H2,1H3. The average molecular weight is 531 g/mol. The lowest BCUT2D eigenvalue weighted by molar-refractivity contribution is 0.575. The van der Waals surface area contributed by atoms with Crippen LogP contribution in [0, 0.1) is 11.8 Å². The molecule has 0 nitrogen and oxygen atoms in total. The number of thiophene rings is 2. The molecule has 0 atom stereocenters. The molecule has 2 heterocycles. The molecule has 0 radical (unpaired) electrons. The van der Waals surface area contributed by atoms with Crippen molar-refractivity contribution in [3.05, 3.63) is 95.6 Å². The van der Waals surface area contributed by atoms with E-state index < -0.39 is 0 Å². The molecule has 0 saturated heterocycles. The first kappa shape index (κ1) is 25.2. The minimum Gasteiger partial charge on any atom is -0.134 e. The highest BCUT2D eigenvalue weighted by molar-refractivity contribution is 7.36. The lowest BCUT2D eigenvalue weighted by atomic mass is 10.0. The Morgan fingerprint density at radius 1 is 0.553 bits per heavy atom. The minimum absolute atomic E-state index is 1.06. The molecule has 38 heavy (non-hydrogen) atoms. The van der Waals surface area contributed by atoms with Crippen molar-refractivity contribution in [2.24, 2.45) is 0 Å². The summed E-state index contributed by atoms with van der Waals surface area (Å²) in [5.74, 6) is 6.77. The third-order valence-corrected chi connectivity index (χ3v) is 10.1. The number of fused-ring (bicyclic) bond motifs is 6. The summed E-state index contributed by atoms with van der Waals surface area (Å²) >= 11 is 3.87. The molecule has 4 aromatic carbocycles. The molecule has 2 heteroatoms. The second kappa shape index (κ2) is 11.7. The van der Waals surface area contributed by atoms with Crippen LogP contribution in [0.1, 0.15) is 75.0 Å². The number of benzene rings is 4. The fourth-order valence-corrected chi connectivity index (χ4v) is 8.16. The fourth-order valence-electron chi connectivity index (χ4n) is 5.41. The van der Waals surface area contributed by atoms with E-state index in [-0.39, 0.29) is 0 Å². The van der Waals surface area contributed by atoms with Gasteiger partial charge >= 0.3 is 0 Å². The van der Waals surface area contributed by atoms with E-state index in [0.29, 0.717) is 0 Å². The Kier molecular flexibility index (Phi) is 7.77. The van der Waals surface area contributed by atoms with Gasteiger partial charge in [-0.3, -0.25) is 0 Å². The van der Waals surface area contributed by atoms with Gasteiger partial charge < -0.3 is 0 Å². The zero-order valence-corrected chi connectivity index (χ0v) is 23.8. The first-order chi connectivity index (χ1) is 18.8. The van der Waals surface area contributed by atoms with Gasteiger partial charge in [-0.05, 0) is 59.5 Å². The van der Waals surface area contributed by atoms with Crippen LogP contribution in [0.4, 0.5) is 0 Å². The van der Waals surface area contributed by atoms with Crippen molar-refractivity contribution in [2.75, 3.05) is 0 Å². The van der Waals surface area contributed by atoms with Crippen molar-refractivity contribution in [3.63, 3.8) is 0 Å². The SMILES string of the molecule is CCCCCCCCCCc1ccc2c(c1)sc1c3ccc(C#Cc4ccc5ccccc5c4)cc3sc21. The second-order valence-corrected chi connectivity index (χ2v) is 12.5. The topological polar surface area (TPSA) is 0 Å². The smallest absolute Gasteiger partial charge is 0.0542 e. The van der Waals surface area contributed by atoms with E-state index in [4.69, 9.17) is 0 Å². The van der Waals surface area contributed by atoms with E-state index in [1.54, 1.807) is 0 Å². The molecule has 6 aromatic rings. The molecule has 0 amide bonds. The van der Waals surface area contributed by atoms with Crippen LogP contribution in [-0.2, 0) is 6.42 Å². The van der Waals surface area contributed by atoms with Crippen LogP contribution in [0.2, 0.25) is 0 Å². The van der Waals surface area contributed by atoms with Gasteiger partial charge in [0.2, 0.25) is 0 Å². The zero-order valence-electron chi connectivity index (χ0n) is 22.2. The summed E-state index contributed by atoms with van der Waals surface area (Å²) in [5, 5.41) is 5.27. The Hall–Kier alpha value is -3.12. The summed E-state index contributed by atoms with van der Waals surface area (Å²) in [6.45, 7) is 2.29. The molecule has 0 fully saturated rings. The summed E-state index contributed by atoms with van der Waals surface area (Å²) in [7, 11) is 0. The third kappa shape index (κ3) is 5.51. The molecule has 0 saturated carbocycles. The molecule has 2 aromatic heterocycles. The van der Waals surface area contributed by atoms with Gasteiger partial charge in [0, 0.05) is 31.3 Å². The number of hydrogen-bond acceptors (Lipinski definition) is 2. The van der Waals surface area contributed by atoms with Gasteiger partial charge in [-0.1, -0.05) is 112 Å². The van der Waals surface area contributed by atoms with Crippen LogP contribution in [0.15, 0.2) is 78.9 Å². The molecule has 0 unspecified atom stereocenters. The molecule has 0 bridgehead atoms. The van der Waals surface area contributed by atoms with Crippen molar-refractivity contribution in [1.29, 1.82) is 0 Å². The van der Waals surface area contributed by atoms with Gasteiger partial charge in [0.05, 0.1) is 9.40 Å². The summed E-state index contributed by atoms with van der Waals surface area (Å²) in [4.78, 5) is 0. The van der Waals surface area contributed by atoms with E-state index in [0.717, 1.165) is 11.1 Å². The lowest BCUT2D eigenvalue weighted by Crippen LogP contribution is -1.86. The average Bonchev–Trinajstić information content (AvgIpc) is 3.48. The van der Waals surface area contributed by atoms with Crippen LogP contribution < -0.4 is 0 Å². The van der Waals surface area contributed by atoms with Crippen LogP contribution in [-0.4, -0.2) is 0 Å². The molecule has 6 rings (SSSR count). The van der Waals surface area contributed by atoms with Gasteiger partial charge in [0.1, 0.15) is 0 Å². The van der Waals surface area contributed by atoms with E-state index >= 15 is 0 Å². The number of aryl methyl sites for hydroxylation is 1. The number of rotatable bonds is 9. The van der Waals surface area contributed by atoms with Crippen molar-refractivity contribution in [2.45, 2.75) is 64.7 Å². The maximum atomic E-state index is 3.40. The molecular weight excluding hydrogens is 497 g/mol. The van der Waals surface area contributed by atoms with Gasteiger partial charge in [-0.2, -0.15) is 0 Å². The molecule has 190 valence electrons. The van der Waals surface area contributed by atoms with Crippen LogP contribution in [0.5, 0.6) is 0 Å². The van der Waals surface area contributed by atoms with Crippen LogP contribution in [0.25, 0.3) is 40.3 Å². The quantitative estimate of drug-likeness (QED) is 0.129. The van der Waals surface area contributed by atoms with E-state index in [1.807, 2.05) is 22.7 Å². The second-order valence-electron chi connectivity index (χ2n) is 10.4. The first-order valence-electron chi connectivity index (χ1n) is 14.2. The Balaban J connectivity index is 1.16. The lowest BCUT2D eigenvalue weighted by Gasteiger charge is -2.03. The van der Waals surface area contributed by atoms with Gasteiger partial charge in [0.25, 0.3) is 0 Å². The summed E-state index contributed by atoms with van der Waals surface area (Å²) in [6.07, 6.45) is 12.2. The number of hydrogen-bond donors (Lipinski definition) is 0. The highest BCUT2D eigenvalue weighted by Gasteiger charge is 2.12. The maximum absolute atomic E-state index is 3.40. The van der Waals surface area contributed by atoms with Crippen LogP contribution in [0.3, 0.4) is 0 Å². The Morgan fingerprint density at radius 3 is 1.92 bits per heavy atom. The summed E-state index contributed by atoms with van der Waals surface area (Å²) in [5.41, 5.74) is 3.63. The highest BCUT2D eigenvalue weighted by atomic mass is 32.1. The van der Waals surface area contributed by atoms with E-state index in [2.05, 4.69) is 97.6 Å². The summed E-state index contributed by atoms with van der Waals surface area (Å²) < 4.78 is 5.63. The molecule has 0 N–H and O–H groups in total. The van der Waals surface area contributed by atoms with Crippen molar-refractivity contribution in [3.8, 4) is 11.8 Å². The third-order valence-electron chi connectivity index (χ3n) is 7.57. The molecule has 0 aliphatic rings. The van der Waals surface area contributed by atoms with Gasteiger partial charge in [-0.25, -0.2) is 0 Å². The zero-order chi connectivity index (χ0) is 25.7. The van der Waals surface area contributed by atoms with Gasteiger partial charge in [-0.15, -0.1) is 22.7 Å². The fraction of sp³-hybridized carbons (Fsp3) is 0.278. The highest BCUT2D eigenvalue weighted by Crippen LogP contribution is 2.44. The Morgan fingerprint density at radius 2 is 1.16 bits per heavy atom. The Labute approximate surface area is 234 Å². The van der Waals surface area contributed by atoms with Gasteiger partial charge in [0.15, 0.2) is 0 Å². The largest absolute Gasteiger partial charge is 0.134 e. The predicted octanol–water partition coefficient (Wildman–Crippen LogP) is 11.5. The van der Waals surface area contributed by atoms with Crippen molar-refractivity contribution >= 4 is 63.0 Å². The minimum atomic E-state index is 1.06. The monoisotopic (exact) mass is 530 g/mol. The molecule has 0 spiro atoms. The Bertz CT molecular complexity index is 1770. The van der Waals surface area contributed by atoms with E-state index in [9.17, 15) is 0 Å². The van der Waals surface area contributed by atoms with Crippen LogP contribution >= 0.6 is 22.7 Å². The first-order valence-corrected chi connectivity index (χ1v) is 15.8. The number of unbranched alkanes of at least 4 members (excludes halogenated alkanes) is 7. The van der Waals surface area contributed by atoms with Crippen molar-refractivity contribution in [1.82, 2.24) is 0 Å². The van der Waals surface area contributed by atoms with E-state index in [1.165, 1.54) is 104 Å². The molecule has 0 aliphatic carbocycles. The van der Waals surface area contributed by atoms with Crippen molar-refractivity contribution < 1.29 is 0 Å². The summed E-state index contributed by atoms with van der Waals surface area (Å²) in [6, 6.07) is 28.8. The molecule has 0 aliphatic heterocycles. The normalized spacial score (nSPS) is 11.5. The maximum Gasteiger partial charge on any atom is 0.0542 e. The predicted molar refractivity (Wildman–Crippen MR) is 171 cm³/mol.